The van der Waals surface area contributed by atoms with Gasteiger partial charge in [0.15, 0.2) is 0 Å². The fourth-order valence-electron chi connectivity index (χ4n) is 3.01. The van der Waals surface area contributed by atoms with Crippen molar-refractivity contribution in [3.8, 4) is 0 Å². The van der Waals surface area contributed by atoms with Gasteiger partial charge in [0.25, 0.3) is 0 Å². The molecule has 3 aromatic carbocycles. The SMILES string of the molecule is CCN(Cc1ccccc1SCc1ccccc1)c1ccccc1C(=O)O. The largest absolute Gasteiger partial charge is 0.478 e. The molecule has 3 aromatic rings. The van der Waals surface area contributed by atoms with Gasteiger partial charge in [-0.15, -0.1) is 11.8 Å². The van der Waals surface area contributed by atoms with Crippen LogP contribution in [0.2, 0.25) is 0 Å². The van der Waals surface area contributed by atoms with E-state index >= 15 is 0 Å². The molecule has 138 valence electrons. The van der Waals surface area contributed by atoms with E-state index in [4.69, 9.17) is 0 Å². The van der Waals surface area contributed by atoms with Crippen molar-refractivity contribution in [2.75, 3.05) is 11.4 Å². The molecule has 0 fully saturated rings. The lowest BCUT2D eigenvalue weighted by Gasteiger charge is -2.26. The van der Waals surface area contributed by atoms with Gasteiger partial charge in [0, 0.05) is 23.7 Å². The summed E-state index contributed by atoms with van der Waals surface area (Å²) < 4.78 is 0. The number of benzene rings is 3. The number of hydrogen-bond donors (Lipinski definition) is 1. The molecule has 0 saturated carbocycles. The first-order valence-electron chi connectivity index (χ1n) is 9.01. The quantitative estimate of drug-likeness (QED) is 0.511. The number of rotatable bonds is 8. The van der Waals surface area contributed by atoms with Crippen molar-refractivity contribution in [1.82, 2.24) is 0 Å². The number of aromatic carboxylic acids is 1. The number of nitrogens with zero attached hydrogens (tertiary/aromatic N) is 1. The third kappa shape index (κ3) is 4.92. The predicted molar refractivity (Wildman–Crippen MR) is 113 cm³/mol. The van der Waals surface area contributed by atoms with Gasteiger partial charge in [-0.2, -0.15) is 0 Å². The smallest absolute Gasteiger partial charge is 0.337 e. The van der Waals surface area contributed by atoms with Crippen LogP contribution in [0.4, 0.5) is 5.69 Å². The molecule has 0 heterocycles. The molecule has 0 spiro atoms. The summed E-state index contributed by atoms with van der Waals surface area (Å²) in [6.07, 6.45) is 0. The Morgan fingerprint density at radius 2 is 1.59 bits per heavy atom. The molecule has 0 aliphatic heterocycles. The highest BCUT2D eigenvalue weighted by molar-refractivity contribution is 7.98. The van der Waals surface area contributed by atoms with Crippen LogP contribution in [0.15, 0.2) is 83.8 Å². The number of carboxylic acid groups (broad SMARTS) is 1. The highest BCUT2D eigenvalue weighted by atomic mass is 32.2. The van der Waals surface area contributed by atoms with Crippen LogP contribution in [-0.4, -0.2) is 17.6 Å². The van der Waals surface area contributed by atoms with E-state index in [1.807, 2.05) is 36.0 Å². The van der Waals surface area contributed by atoms with Gasteiger partial charge >= 0.3 is 5.97 Å². The molecule has 0 radical (unpaired) electrons. The molecule has 1 N–H and O–H groups in total. The predicted octanol–water partition coefficient (Wildman–Crippen LogP) is 5.70. The summed E-state index contributed by atoms with van der Waals surface area (Å²) >= 11 is 1.82. The van der Waals surface area contributed by atoms with Crippen LogP contribution in [0, 0.1) is 0 Å². The second-order valence-electron chi connectivity index (χ2n) is 6.22. The molecule has 0 saturated heterocycles. The number of anilines is 1. The van der Waals surface area contributed by atoms with Crippen LogP contribution < -0.4 is 4.90 Å². The Morgan fingerprint density at radius 1 is 0.926 bits per heavy atom. The van der Waals surface area contributed by atoms with E-state index < -0.39 is 5.97 Å². The minimum Gasteiger partial charge on any atom is -0.478 e. The number of thioether (sulfide) groups is 1. The van der Waals surface area contributed by atoms with Gasteiger partial charge in [0.05, 0.1) is 11.3 Å². The van der Waals surface area contributed by atoms with Crippen molar-refractivity contribution in [2.24, 2.45) is 0 Å². The Labute approximate surface area is 164 Å². The first-order valence-corrected chi connectivity index (χ1v) is 9.99. The lowest BCUT2D eigenvalue weighted by atomic mass is 10.1. The molecule has 0 bridgehead atoms. The van der Waals surface area contributed by atoms with Crippen molar-refractivity contribution in [1.29, 1.82) is 0 Å². The number of hydrogen-bond acceptors (Lipinski definition) is 3. The van der Waals surface area contributed by atoms with E-state index in [1.54, 1.807) is 12.1 Å². The van der Waals surface area contributed by atoms with E-state index in [2.05, 4.69) is 54.3 Å². The first-order chi connectivity index (χ1) is 13.2. The standard InChI is InChI=1S/C23H23NO2S/c1-2-24(21-14-8-7-13-20(21)23(25)26)16-19-12-6-9-15-22(19)27-17-18-10-4-3-5-11-18/h3-15H,2,16-17H2,1H3,(H,25,26). The van der Waals surface area contributed by atoms with Crippen LogP contribution in [0.5, 0.6) is 0 Å². The highest BCUT2D eigenvalue weighted by Gasteiger charge is 2.16. The molecular weight excluding hydrogens is 354 g/mol. The minimum absolute atomic E-state index is 0.341. The van der Waals surface area contributed by atoms with Gasteiger partial charge in [-0.05, 0) is 36.2 Å². The Kier molecular flexibility index (Phi) is 6.55. The topological polar surface area (TPSA) is 40.5 Å². The Hall–Kier alpha value is -2.72. The summed E-state index contributed by atoms with van der Waals surface area (Å²) in [5.41, 5.74) is 3.60. The van der Waals surface area contributed by atoms with Gasteiger partial charge in [0.2, 0.25) is 0 Å². The van der Waals surface area contributed by atoms with Crippen LogP contribution in [0.3, 0.4) is 0 Å². The maximum absolute atomic E-state index is 11.6. The zero-order valence-electron chi connectivity index (χ0n) is 15.3. The maximum Gasteiger partial charge on any atom is 0.337 e. The van der Waals surface area contributed by atoms with Gasteiger partial charge in [-0.25, -0.2) is 4.79 Å². The van der Waals surface area contributed by atoms with Crippen LogP contribution in [0.25, 0.3) is 0 Å². The molecule has 0 unspecified atom stereocenters. The fraction of sp³-hybridized carbons (Fsp3) is 0.174. The van der Waals surface area contributed by atoms with Crippen molar-refractivity contribution >= 4 is 23.4 Å². The van der Waals surface area contributed by atoms with Crippen molar-refractivity contribution in [3.63, 3.8) is 0 Å². The average Bonchev–Trinajstić information content (AvgIpc) is 2.72. The summed E-state index contributed by atoms with van der Waals surface area (Å²) in [5.74, 6) is 0.0196. The summed E-state index contributed by atoms with van der Waals surface area (Å²) in [6, 6.07) is 26.0. The Bertz CT molecular complexity index is 896. The molecule has 27 heavy (non-hydrogen) atoms. The highest BCUT2D eigenvalue weighted by Crippen LogP contribution is 2.29. The summed E-state index contributed by atoms with van der Waals surface area (Å²) in [5, 5.41) is 9.51. The van der Waals surface area contributed by atoms with Gasteiger partial charge in [-0.3, -0.25) is 0 Å². The molecule has 0 amide bonds. The van der Waals surface area contributed by atoms with E-state index in [9.17, 15) is 9.90 Å². The van der Waals surface area contributed by atoms with E-state index in [0.29, 0.717) is 12.1 Å². The Balaban J connectivity index is 1.81. The van der Waals surface area contributed by atoms with Gasteiger partial charge in [0.1, 0.15) is 0 Å². The Morgan fingerprint density at radius 3 is 2.33 bits per heavy atom. The van der Waals surface area contributed by atoms with Gasteiger partial charge in [-0.1, -0.05) is 60.7 Å². The molecule has 0 aromatic heterocycles. The molecule has 3 nitrogen and oxygen atoms in total. The second kappa shape index (κ2) is 9.28. The number of para-hydroxylation sites is 1. The second-order valence-corrected chi connectivity index (χ2v) is 7.24. The van der Waals surface area contributed by atoms with Crippen molar-refractivity contribution in [2.45, 2.75) is 24.1 Å². The van der Waals surface area contributed by atoms with E-state index in [0.717, 1.165) is 18.0 Å². The molecule has 0 aliphatic rings. The van der Waals surface area contributed by atoms with Crippen LogP contribution in [0.1, 0.15) is 28.4 Å². The zero-order chi connectivity index (χ0) is 19.1. The minimum atomic E-state index is -0.893. The number of carboxylic acids is 1. The molecular formula is C23H23NO2S. The molecule has 0 atom stereocenters. The van der Waals surface area contributed by atoms with Crippen LogP contribution >= 0.6 is 11.8 Å². The van der Waals surface area contributed by atoms with Gasteiger partial charge < -0.3 is 10.0 Å². The van der Waals surface area contributed by atoms with Crippen LogP contribution in [-0.2, 0) is 12.3 Å². The van der Waals surface area contributed by atoms with Crippen molar-refractivity contribution in [3.05, 3.63) is 95.6 Å². The molecule has 0 aliphatic carbocycles. The molecule has 3 rings (SSSR count). The van der Waals surface area contributed by atoms with E-state index in [1.165, 1.54) is 16.0 Å². The summed E-state index contributed by atoms with van der Waals surface area (Å²) in [6.45, 7) is 3.47. The third-order valence-corrected chi connectivity index (χ3v) is 5.61. The first kappa shape index (κ1) is 19.1. The lowest BCUT2D eigenvalue weighted by Crippen LogP contribution is -2.24. The van der Waals surface area contributed by atoms with E-state index in [-0.39, 0.29) is 0 Å². The fourth-order valence-corrected chi connectivity index (χ4v) is 4.02. The normalized spacial score (nSPS) is 10.6. The molecule has 4 heteroatoms. The summed E-state index contributed by atoms with van der Waals surface area (Å²) in [7, 11) is 0. The number of carbonyl (C=O) groups is 1. The monoisotopic (exact) mass is 377 g/mol. The lowest BCUT2D eigenvalue weighted by molar-refractivity contribution is 0.0697. The average molecular weight is 378 g/mol. The zero-order valence-corrected chi connectivity index (χ0v) is 16.2. The maximum atomic E-state index is 11.6. The summed E-state index contributed by atoms with van der Waals surface area (Å²) in [4.78, 5) is 14.9. The third-order valence-electron chi connectivity index (χ3n) is 4.43. The van der Waals surface area contributed by atoms with Crippen molar-refractivity contribution < 1.29 is 9.90 Å².